The van der Waals surface area contributed by atoms with E-state index in [9.17, 15) is 23.8 Å². The summed E-state index contributed by atoms with van der Waals surface area (Å²) >= 11 is 0. The lowest BCUT2D eigenvalue weighted by molar-refractivity contribution is -0.690. The lowest BCUT2D eigenvalue weighted by atomic mass is 9.87. The Kier molecular flexibility index (Phi) is 5.48. The number of phenols is 1. The maximum absolute atomic E-state index is 13.3. The summed E-state index contributed by atoms with van der Waals surface area (Å²) < 4.78 is 26.4. The zero-order valence-electron chi connectivity index (χ0n) is 16.0. The SMILES string of the molecule is O=C1[C@H]([NH2+]C[C@H](O)c2ccc(F)cc2)[C@@H](c2ccc(O)cc2)N1c1ccc(F)cc1. The molecule has 7 heteroatoms. The molecule has 3 atom stereocenters. The van der Waals surface area contributed by atoms with Crippen molar-refractivity contribution >= 4 is 11.6 Å². The molecule has 4 rings (SSSR count). The molecule has 1 fully saturated rings. The normalized spacial score (nSPS) is 19.4. The Morgan fingerprint density at radius 1 is 0.900 bits per heavy atom. The number of carbonyl (C=O) groups excluding carboxylic acids is 1. The number of nitrogens with two attached hydrogens (primary N) is 1. The highest BCUT2D eigenvalue weighted by atomic mass is 19.1. The van der Waals surface area contributed by atoms with Crippen molar-refractivity contribution in [3.8, 4) is 5.75 Å². The second kappa shape index (κ2) is 8.22. The summed E-state index contributed by atoms with van der Waals surface area (Å²) in [6, 6.07) is 17.0. The van der Waals surface area contributed by atoms with Gasteiger partial charge in [-0.15, -0.1) is 0 Å². The highest BCUT2D eigenvalue weighted by Gasteiger charge is 2.52. The number of hydrogen-bond acceptors (Lipinski definition) is 3. The molecule has 4 N–H and O–H groups in total. The minimum atomic E-state index is -0.862. The van der Waals surface area contributed by atoms with Gasteiger partial charge in [0.05, 0.1) is 0 Å². The van der Waals surface area contributed by atoms with Crippen molar-refractivity contribution in [2.24, 2.45) is 0 Å². The number of phenolic OH excluding ortho intramolecular Hbond substituents is 1. The molecule has 3 aromatic carbocycles. The second-order valence-corrected chi connectivity index (χ2v) is 7.29. The third-order valence-corrected chi connectivity index (χ3v) is 5.35. The second-order valence-electron chi connectivity index (χ2n) is 7.29. The minimum absolute atomic E-state index is 0.116. The summed E-state index contributed by atoms with van der Waals surface area (Å²) in [4.78, 5) is 14.5. The van der Waals surface area contributed by atoms with Gasteiger partial charge in [0.1, 0.15) is 36.1 Å². The van der Waals surface area contributed by atoms with Gasteiger partial charge in [-0.3, -0.25) is 9.69 Å². The summed E-state index contributed by atoms with van der Waals surface area (Å²) in [6.07, 6.45) is -0.862. The zero-order valence-corrected chi connectivity index (χ0v) is 16.0. The van der Waals surface area contributed by atoms with Crippen LogP contribution in [-0.4, -0.2) is 28.7 Å². The molecule has 0 spiro atoms. The summed E-state index contributed by atoms with van der Waals surface area (Å²) in [7, 11) is 0. The minimum Gasteiger partial charge on any atom is -0.508 e. The molecular formula is C23H21F2N2O3+. The highest BCUT2D eigenvalue weighted by Crippen LogP contribution is 2.38. The summed E-state index contributed by atoms with van der Waals surface area (Å²) in [5, 5.41) is 21.8. The summed E-state index contributed by atoms with van der Waals surface area (Å²) in [5.41, 5.74) is 1.95. The van der Waals surface area contributed by atoms with Gasteiger partial charge in [-0.1, -0.05) is 24.3 Å². The largest absolute Gasteiger partial charge is 0.508 e. The van der Waals surface area contributed by atoms with E-state index in [1.54, 1.807) is 46.6 Å². The van der Waals surface area contributed by atoms with Gasteiger partial charge in [-0.2, -0.15) is 0 Å². The Morgan fingerprint density at radius 2 is 1.47 bits per heavy atom. The molecule has 5 nitrogen and oxygen atoms in total. The van der Waals surface area contributed by atoms with Crippen LogP contribution < -0.4 is 10.2 Å². The number of carbonyl (C=O) groups is 1. The average molecular weight is 411 g/mol. The maximum atomic E-state index is 13.3. The molecule has 3 aromatic rings. The first-order valence-corrected chi connectivity index (χ1v) is 9.58. The van der Waals surface area contributed by atoms with Crippen LogP contribution in [0.1, 0.15) is 23.3 Å². The van der Waals surface area contributed by atoms with Crippen LogP contribution in [0.3, 0.4) is 0 Å². The molecule has 0 radical (unpaired) electrons. The molecule has 1 saturated heterocycles. The Morgan fingerprint density at radius 3 is 2.07 bits per heavy atom. The number of benzene rings is 3. The first kappa shape index (κ1) is 20.0. The Bertz CT molecular complexity index is 1020. The van der Waals surface area contributed by atoms with E-state index in [-0.39, 0.29) is 30.1 Å². The lowest BCUT2D eigenvalue weighted by Gasteiger charge is -2.45. The van der Waals surface area contributed by atoms with E-state index >= 15 is 0 Å². The molecule has 0 aromatic heterocycles. The average Bonchev–Trinajstić information content (AvgIpc) is 2.74. The number of hydrogen-bond donors (Lipinski definition) is 3. The van der Waals surface area contributed by atoms with Gasteiger partial charge in [0.2, 0.25) is 0 Å². The van der Waals surface area contributed by atoms with Gasteiger partial charge in [-0.25, -0.2) is 8.78 Å². The number of anilines is 1. The third-order valence-electron chi connectivity index (χ3n) is 5.35. The number of β-lactam (4-membered cyclic amide) rings is 1. The summed E-state index contributed by atoms with van der Waals surface area (Å²) in [5.74, 6) is -0.819. The van der Waals surface area contributed by atoms with E-state index in [1.165, 1.54) is 36.4 Å². The number of quaternary nitrogens is 1. The van der Waals surface area contributed by atoms with E-state index < -0.39 is 18.0 Å². The van der Waals surface area contributed by atoms with E-state index in [0.29, 0.717) is 11.3 Å². The van der Waals surface area contributed by atoms with Crippen LogP contribution in [-0.2, 0) is 4.79 Å². The van der Waals surface area contributed by atoms with Crippen molar-refractivity contribution < 1.29 is 29.1 Å². The molecule has 0 saturated carbocycles. The van der Waals surface area contributed by atoms with Gasteiger partial charge in [-0.05, 0) is 59.7 Å². The van der Waals surface area contributed by atoms with E-state index in [2.05, 4.69) is 0 Å². The van der Waals surface area contributed by atoms with Crippen LogP contribution in [0.5, 0.6) is 5.75 Å². The molecule has 1 aliphatic rings. The first-order valence-electron chi connectivity index (χ1n) is 9.58. The number of aliphatic hydroxyl groups excluding tert-OH is 1. The third kappa shape index (κ3) is 3.90. The topological polar surface area (TPSA) is 77.4 Å². The van der Waals surface area contributed by atoms with Crippen LogP contribution in [0.15, 0.2) is 72.8 Å². The quantitative estimate of drug-likeness (QED) is 0.546. The standard InChI is InChI=1S/C23H20F2N2O3/c24-16-5-1-14(2-6-16)20(29)13-26-21-22(15-3-11-19(28)12-4-15)27(23(21)30)18-9-7-17(25)8-10-18/h1-12,20-22,26,28-29H,13H2/p+1/t20-,21+,22+/m0/s1. The van der Waals surface area contributed by atoms with Crippen LogP contribution in [0.25, 0.3) is 0 Å². The number of halogens is 2. The fraction of sp³-hybridized carbons (Fsp3) is 0.174. The molecule has 1 heterocycles. The predicted octanol–water partition coefficient (Wildman–Crippen LogP) is 2.42. The molecule has 1 aliphatic heterocycles. The Labute approximate surface area is 172 Å². The van der Waals surface area contributed by atoms with Crippen LogP contribution in [0.2, 0.25) is 0 Å². The molecule has 0 aliphatic carbocycles. The zero-order chi connectivity index (χ0) is 21.3. The van der Waals surface area contributed by atoms with Crippen LogP contribution >= 0.6 is 0 Å². The fourth-order valence-electron chi connectivity index (χ4n) is 3.75. The van der Waals surface area contributed by atoms with Gasteiger partial charge in [0, 0.05) is 5.69 Å². The van der Waals surface area contributed by atoms with Crippen molar-refractivity contribution in [3.63, 3.8) is 0 Å². The molecular weight excluding hydrogens is 390 g/mol. The lowest BCUT2D eigenvalue weighted by Crippen LogP contribution is -2.99. The van der Waals surface area contributed by atoms with Crippen molar-refractivity contribution in [1.29, 1.82) is 0 Å². The number of rotatable bonds is 6. The Hall–Kier alpha value is -3.29. The first-order chi connectivity index (χ1) is 14.4. The fourth-order valence-corrected chi connectivity index (χ4v) is 3.75. The Balaban J connectivity index is 1.55. The van der Waals surface area contributed by atoms with E-state index in [1.807, 2.05) is 0 Å². The monoisotopic (exact) mass is 411 g/mol. The van der Waals surface area contributed by atoms with Gasteiger partial charge in [0.25, 0.3) is 5.91 Å². The smallest absolute Gasteiger partial charge is 0.288 e. The van der Waals surface area contributed by atoms with E-state index in [0.717, 1.165) is 5.56 Å². The molecule has 0 bridgehead atoms. The number of nitrogens with zero attached hydrogens (tertiary/aromatic N) is 1. The van der Waals surface area contributed by atoms with Crippen molar-refractivity contribution in [3.05, 3.63) is 95.6 Å². The molecule has 154 valence electrons. The van der Waals surface area contributed by atoms with Gasteiger partial charge in [0.15, 0.2) is 6.04 Å². The number of amides is 1. The molecule has 30 heavy (non-hydrogen) atoms. The van der Waals surface area contributed by atoms with Crippen molar-refractivity contribution in [2.75, 3.05) is 11.4 Å². The number of aromatic hydroxyl groups is 1. The van der Waals surface area contributed by atoms with Crippen molar-refractivity contribution in [2.45, 2.75) is 18.2 Å². The van der Waals surface area contributed by atoms with Crippen LogP contribution in [0, 0.1) is 11.6 Å². The van der Waals surface area contributed by atoms with Gasteiger partial charge >= 0.3 is 0 Å². The molecule has 1 amide bonds. The van der Waals surface area contributed by atoms with Crippen molar-refractivity contribution in [1.82, 2.24) is 0 Å². The number of aliphatic hydroxyl groups is 1. The predicted molar refractivity (Wildman–Crippen MR) is 107 cm³/mol. The van der Waals surface area contributed by atoms with E-state index in [4.69, 9.17) is 0 Å². The highest BCUT2D eigenvalue weighted by molar-refractivity contribution is 6.04. The van der Waals surface area contributed by atoms with Gasteiger partial charge < -0.3 is 15.5 Å². The van der Waals surface area contributed by atoms with Crippen LogP contribution in [0.4, 0.5) is 14.5 Å². The maximum Gasteiger partial charge on any atom is 0.288 e. The molecule has 0 unspecified atom stereocenters. The summed E-state index contributed by atoms with van der Waals surface area (Å²) in [6.45, 7) is 0.216.